The Kier molecular flexibility index (Phi) is 3.48. The van der Waals surface area contributed by atoms with Crippen LogP contribution in [0.4, 0.5) is 0 Å². The highest BCUT2D eigenvalue weighted by Gasteiger charge is 2.39. The number of rotatable bonds is 4. The molecule has 0 radical (unpaired) electrons. The number of hydrogen-bond acceptors (Lipinski definition) is 2. The van der Waals surface area contributed by atoms with Crippen molar-refractivity contribution in [1.82, 2.24) is 0 Å². The highest BCUT2D eigenvalue weighted by Crippen LogP contribution is 2.36. The highest BCUT2D eigenvalue weighted by atomic mass is 16.4. The van der Waals surface area contributed by atoms with Crippen LogP contribution >= 0.6 is 0 Å². The molecule has 1 aromatic rings. The minimum Gasteiger partial charge on any atom is -0.481 e. The second kappa shape index (κ2) is 4.45. The summed E-state index contributed by atoms with van der Waals surface area (Å²) in [6.45, 7) is 3.33. The lowest BCUT2D eigenvalue weighted by Crippen LogP contribution is -2.33. The number of carboxylic acids is 1. The minimum absolute atomic E-state index is 0.387. The summed E-state index contributed by atoms with van der Waals surface area (Å²) in [5, 5.41) is 19.1. The van der Waals surface area contributed by atoms with Crippen molar-refractivity contribution in [2.75, 3.05) is 0 Å². The number of hydrogen-bond donors (Lipinski definition) is 2. The van der Waals surface area contributed by atoms with Crippen LogP contribution in [0.2, 0.25) is 0 Å². The molecule has 0 fully saturated rings. The van der Waals surface area contributed by atoms with Gasteiger partial charge < -0.3 is 10.2 Å². The van der Waals surface area contributed by atoms with Crippen LogP contribution in [-0.2, 0) is 4.79 Å². The van der Waals surface area contributed by atoms with Gasteiger partial charge in [0.15, 0.2) is 0 Å². The van der Waals surface area contributed by atoms with E-state index in [2.05, 4.69) is 0 Å². The van der Waals surface area contributed by atoms with E-state index < -0.39 is 17.5 Å². The summed E-state index contributed by atoms with van der Waals surface area (Å²) >= 11 is 0. The van der Waals surface area contributed by atoms with E-state index in [1.54, 1.807) is 38.1 Å². The van der Waals surface area contributed by atoms with Gasteiger partial charge in [0.1, 0.15) is 0 Å². The first-order chi connectivity index (χ1) is 7.02. The molecule has 3 heteroatoms. The number of aliphatic hydroxyl groups is 1. The topological polar surface area (TPSA) is 57.5 Å². The molecular weight excluding hydrogens is 192 g/mol. The highest BCUT2D eigenvalue weighted by molar-refractivity contribution is 5.75. The average Bonchev–Trinajstić information content (AvgIpc) is 2.28. The fraction of sp³-hybridized carbons (Fsp3) is 0.417. The largest absolute Gasteiger partial charge is 0.481 e. The second-order valence-electron chi connectivity index (χ2n) is 3.89. The molecule has 2 atom stereocenters. The molecule has 15 heavy (non-hydrogen) atoms. The summed E-state index contributed by atoms with van der Waals surface area (Å²) in [4.78, 5) is 11.1. The fourth-order valence-corrected chi connectivity index (χ4v) is 1.46. The van der Waals surface area contributed by atoms with Gasteiger partial charge in [-0.1, -0.05) is 37.3 Å². The van der Waals surface area contributed by atoms with Crippen LogP contribution in [0.5, 0.6) is 0 Å². The monoisotopic (exact) mass is 208 g/mol. The van der Waals surface area contributed by atoms with E-state index in [1.165, 1.54) is 0 Å². The zero-order valence-corrected chi connectivity index (χ0v) is 8.97. The maximum atomic E-state index is 11.1. The Morgan fingerprint density at radius 1 is 1.40 bits per heavy atom. The molecule has 3 nitrogen and oxygen atoms in total. The van der Waals surface area contributed by atoms with E-state index in [0.29, 0.717) is 12.0 Å². The van der Waals surface area contributed by atoms with Crippen LogP contribution in [0.1, 0.15) is 31.9 Å². The smallest absolute Gasteiger partial charge is 0.312 e. The van der Waals surface area contributed by atoms with Gasteiger partial charge in [-0.3, -0.25) is 4.79 Å². The number of carboxylic acid groups (broad SMARTS) is 1. The molecule has 0 saturated heterocycles. The molecule has 0 bridgehead atoms. The van der Waals surface area contributed by atoms with Gasteiger partial charge in [0.25, 0.3) is 0 Å². The Morgan fingerprint density at radius 2 is 1.93 bits per heavy atom. The predicted octanol–water partition coefficient (Wildman–Crippen LogP) is 2.22. The third-order valence-electron chi connectivity index (χ3n) is 2.94. The summed E-state index contributed by atoms with van der Waals surface area (Å²) in [5.74, 6) is -0.971. The van der Waals surface area contributed by atoms with Gasteiger partial charge >= 0.3 is 5.97 Å². The Bertz CT molecular complexity index is 334. The number of aliphatic carboxylic acids is 1. The van der Waals surface area contributed by atoms with E-state index >= 15 is 0 Å². The Morgan fingerprint density at radius 3 is 2.33 bits per heavy atom. The van der Waals surface area contributed by atoms with Gasteiger partial charge in [0.05, 0.1) is 11.5 Å². The molecule has 0 amide bonds. The predicted molar refractivity (Wildman–Crippen MR) is 57.4 cm³/mol. The van der Waals surface area contributed by atoms with Crippen LogP contribution in [-0.4, -0.2) is 16.2 Å². The van der Waals surface area contributed by atoms with Crippen molar-refractivity contribution < 1.29 is 15.0 Å². The maximum Gasteiger partial charge on any atom is 0.312 e. The molecule has 0 aliphatic heterocycles. The zero-order chi connectivity index (χ0) is 11.5. The van der Waals surface area contributed by atoms with Gasteiger partial charge in [-0.25, -0.2) is 0 Å². The summed E-state index contributed by atoms with van der Waals surface area (Å²) in [6.07, 6.45) is -0.584. The van der Waals surface area contributed by atoms with E-state index in [-0.39, 0.29) is 0 Å². The van der Waals surface area contributed by atoms with Crippen LogP contribution in [0, 0.1) is 5.41 Å². The summed E-state index contributed by atoms with van der Waals surface area (Å²) in [7, 11) is 0. The van der Waals surface area contributed by atoms with Crippen molar-refractivity contribution in [3.8, 4) is 0 Å². The summed E-state index contributed by atoms with van der Waals surface area (Å²) < 4.78 is 0. The Labute approximate surface area is 89.4 Å². The van der Waals surface area contributed by atoms with Crippen LogP contribution < -0.4 is 0 Å². The zero-order valence-electron chi connectivity index (χ0n) is 8.97. The molecule has 2 N–H and O–H groups in total. The van der Waals surface area contributed by atoms with Crippen LogP contribution in [0.15, 0.2) is 30.3 Å². The molecule has 1 aromatic carbocycles. The summed E-state index contributed by atoms with van der Waals surface area (Å²) in [6, 6.07) is 8.89. The van der Waals surface area contributed by atoms with Gasteiger partial charge in [0.2, 0.25) is 0 Å². The SMILES string of the molecule is CC[C@@](C)(C(=O)O)[C@H](O)c1ccccc1. The van der Waals surface area contributed by atoms with E-state index in [4.69, 9.17) is 5.11 Å². The van der Waals surface area contributed by atoms with E-state index in [9.17, 15) is 9.90 Å². The first kappa shape index (κ1) is 11.7. The molecular formula is C12H16O3. The molecule has 0 aromatic heterocycles. The van der Waals surface area contributed by atoms with E-state index in [0.717, 1.165) is 0 Å². The summed E-state index contributed by atoms with van der Waals surface area (Å²) in [5.41, 5.74) is -0.481. The Balaban J connectivity index is 3.02. The van der Waals surface area contributed by atoms with Gasteiger partial charge in [-0.2, -0.15) is 0 Å². The number of carbonyl (C=O) groups is 1. The first-order valence-electron chi connectivity index (χ1n) is 4.98. The fourth-order valence-electron chi connectivity index (χ4n) is 1.46. The third-order valence-corrected chi connectivity index (χ3v) is 2.94. The molecule has 0 unspecified atom stereocenters. The molecule has 0 aliphatic carbocycles. The molecule has 0 heterocycles. The van der Waals surface area contributed by atoms with Crippen molar-refractivity contribution in [3.63, 3.8) is 0 Å². The lowest BCUT2D eigenvalue weighted by atomic mass is 9.78. The second-order valence-corrected chi connectivity index (χ2v) is 3.89. The average molecular weight is 208 g/mol. The molecule has 82 valence electrons. The molecule has 0 spiro atoms. The van der Waals surface area contributed by atoms with Crippen molar-refractivity contribution in [2.24, 2.45) is 5.41 Å². The minimum atomic E-state index is -1.12. The van der Waals surface area contributed by atoms with Gasteiger partial charge in [-0.05, 0) is 18.9 Å². The normalized spacial score (nSPS) is 16.7. The number of aliphatic hydroxyl groups excluding tert-OH is 1. The van der Waals surface area contributed by atoms with Gasteiger partial charge in [-0.15, -0.1) is 0 Å². The number of benzene rings is 1. The van der Waals surface area contributed by atoms with Crippen molar-refractivity contribution in [1.29, 1.82) is 0 Å². The van der Waals surface area contributed by atoms with Crippen LogP contribution in [0.25, 0.3) is 0 Å². The molecule has 1 rings (SSSR count). The quantitative estimate of drug-likeness (QED) is 0.797. The molecule has 0 aliphatic rings. The van der Waals surface area contributed by atoms with E-state index in [1.807, 2.05) is 6.07 Å². The lowest BCUT2D eigenvalue weighted by molar-refractivity contribution is -0.155. The maximum absolute atomic E-state index is 11.1. The van der Waals surface area contributed by atoms with Crippen molar-refractivity contribution in [2.45, 2.75) is 26.4 Å². The Hall–Kier alpha value is -1.35. The van der Waals surface area contributed by atoms with Crippen molar-refractivity contribution in [3.05, 3.63) is 35.9 Å². The van der Waals surface area contributed by atoms with Crippen molar-refractivity contribution >= 4 is 5.97 Å². The molecule has 0 saturated carbocycles. The third kappa shape index (κ3) is 2.18. The van der Waals surface area contributed by atoms with Crippen LogP contribution in [0.3, 0.4) is 0 Å². The first-order valence-corrected chi connectivity index (χ1v) is 4.98. The lowest BCUT2D eigenvalue weighted by Gasteiger charge is -2.29. The van der Waals surface area contributed by atoms with Gasteiger partial charge in [0, 0.05) is 0 Å². The standard InChI is InChI=1S/C12H16O3/c1-3-12(2,11(14)15)10(13)9-7-5-4-6-8-9/h4-8,10,13H,3H2,1-2H3,(H,14,15)/t10-,12-/m1/s1.